The predicted octanol–water partition coefficient (Wildman–Crippen LogP) is 0.486. The van der Waals surface area contributed by atoms with E-state index < -0.39 is 0 Å². The van der Waals surface area contributed by atoms with E-state index >= 15 is 0 Å². The van der Waals surface area contributed by atoms with Crippen LogP contribution in [0.1, 0.15) is 0 Å². The molecule has 2 aromatic heterocycles. The molecule has 2 rings (SSSR count). The zero-order valence-electron chi connectivity index (χ0n) is 7.47. The van der Waals surface area contributed by atoms with Crippen molar-refractivity contribution in [3.8, 4) is 10.6 Å². The van der Waals surface area contributed by atoms with Crippen LogP contribution in [0.25, 0.3) is 10.6 Å². The summed E-state index contributed by atoms with van der Waals surface area (Å²) in [5.74, 6) is 0. The molecule has 14 heavy (non-hydrogen) atoms. The second-order valence-corrected chi connectivity index (χ2v) is 3.79. The lowest BCUT2D eigenvalue weighted by molar-refractivity contribution is 0.862. The molecular formula is C8H8N4OS. The minimum Gasteiger partial charge on any atom is -0.374 e. The minimum absolute atomic E-state index is 0.0938. The van der Waals surface area contributed by atoms with E-state index in [1.165, 1.54) is 15.9 Å². The molecule has 2 N–H and O–H groups in total. The smallest absolute Gasteiger partial charge is 0.260 e. The van der Waals surface area contributed by atoms with Crippen molar-refractivity contribution in [1.82, 2.24) is 14.8 Å². The zero-order chi connectivity index (χ0) is 10.1. The summed E-state index contributed by atoms with van der Waals surface area (Å²) in [5.41, 5.74) is 5.88. The number of hydrogen-bond acceptors (Lipinski definition) is 5. The average molecular weight is 208 g/mol. The van der Waals surface area contributed by atoms with E-state index in [-0.39, 0.29) is 5.56 Å². The molecule has 0 aliphatic heterocycles. The number of hydrogen-bond donors (Lipinski definition) is 1. The standard InChI is InChI=1S/C8H8N4OS/c1-12-4-2-3-5(7(12)13)6-10-11-8(9)14-6/h2-4H,1H3,(H2,9,11). The van der Waals surface area contributed by atoms with Gasteiger partial charge in [0.05, 0.1) is 5.56 Å². The number of nitrogens with zero attached hydrogens (tertiary/aromatic N) is 3. The number of anilines is 1. The molecular weight excluding hydrogens is 200 g/mol. The molecule has 0 saturated carbocycles. The fraction of sp³-hybridized carbons (Fsp3) is 0.125. The van der Waals surface area contributed by atoms with E-state index in [1.54, 1.807) is 25.4 Å². The lowest BCUT2D eigenvalue weighted by Crippen LogP contribution is -2.17. The molecule has 0 fully saturated rings. The van der Waals surface area contributed by atoms with Gasteiger partial charge in [-0.1, -0.05) is 11.3 Å². The van der Waals surface area contributed by atoms with Crippen LogP contribution in [0.5, 0.6) is 0 Å². The highest BCUT2D eigenvalue weighted by atomic mass is 32.1. The first-order valence-corrected chi connectivity index (χ1v) is 4.75. The Balaban J connectivity index is 2.63. The van der Waals surface area contributed by atoms with Gasteiger partial charge < -0.3 is 10.3 Å². The molecule has 72 valence electrons. The summed E-state index contributed by atoms with van der Waals surface area (Å²) in [7, 11) is 1.69. The van der Waals surface area contributed by atoms with Crippen molar-refractivity contribution in [1.29, 1.82) is 0 Å². The van der Waals surface area contributed by atoms with Gasteiger partial charge in [0.1, 0.15) is 0 Å². The maximum Gasteiger partial charge on any atom is 0.260 e. The van der Waals surface area contributed by atoms with Crippen LogP contribution in [-0.4, -0.2) is 14.8 Å². The van der Waals surface area contributed by atoms with Crippen LogP contribution in [0.15, 0.2) is 23.1 Å². The number of nitrogens with two attached hydrogens (primary N) is 1. The Morgan fingerprint density at radius 3 is 2.93 bits per heavy atom. The first-order chi connectivity index (χ1) is 6.68. The van der Waals surface area contributed by atoms with Gasteiger partial charge in [0, 0.05) is 13.2 Å². The average Bonchev–Trinajstić information content (AvgIpc) is 2.57. The van der Waals surface area contributed by atoms with Crippen molar-refractivity contribution in [2.24, 2.45) is 7.05 Å². The van der Waals surface area contributed by atoms with E-state index in [1.807, 2.05) is 0 Å². The van der Waals surface area contributed by atoms with E-state index in [0.717, 1.165) is 0 Å². The Kier molecular flexibility index (Phi) is 2.05. The van der Waals surface area contributed by atoms with Crippen LogP contribution in [0, 0.1) is 0 Å². The van der Waals surface area contributed by atoms with E-state index in [2.05, 4.69) is 10.2 Å². The largest absolute Gasteiger partial charge is 0.374 e. The maximum absolute atomic E-state index is 11.6. The lowest BCUT2D eigenvalue weighted by Gasteiger charge is -1.97. The zero-order valence-corrected chi connectivity index (χ0v) is 8.28. The molecule has 0 saturated heterocycles. The molecule has 0 aliphatic rings. The number of aryl methyl sites for hydroxylation is 1. The van der Waals surface area contributed by atoms with Crippen LogP contribution >= 0.6 is 11.3 Å². The van der Waals surface area contributed by atoms with Crippen molar-refractivity contribution in [3.05, 3.63) is 28.7 Å². The molecule has 0 atom stereocenters. The predicted molar refractivity (Wildman–Crippen MR) is 55.0 cm³/mol. The second kappa shape index (κ2) is 3.22. The number of nitrogen functional groups attached to an aromatic ring is 1. The van der Waals surface area contributed by atoms with Crippen LogP contribution in [-0.2, 0) is 7.05 Å². The highest BCUT2D eigenvalue weighted by Gasteiger charge is 2.08. The summed E-state index contributed by atoms with van der Waals surface area (Å²) in [6.45, 7) is 0. The SMILES string of the molecule is Cn1cccc(-c2nnc(N)s2)c1=O. The van der Waals surface area contributed by atoms with Gasteiger partial charge in [-0.3, -0.25) is 4.79 Å². The molecule has 2 aromatic rings. The van der Waals surface area contributed by atoms with Crippen LogP contribution < -0.4 is 11.3 Å². The van der Waals surface area contributed by atoms with Crippen molar-refractivity contribution < 1.29 is 0 Å². The fourth-order valence-electron chi connectivity index (χ4n) is 1.10. The van der Waals surface area contributed by atoms with Gasteiger partial charge in [-0.15, -0.1) is 10.2 Å². The molecule has 5 nitrogen and oxygen atoms in total. The Morgan fingerprint density at radius 2 is 2.29 bits per heavy atom. The van der Waals surface area contributed by atoms with Crippen LogP contribution in [0.2, 0.25) is 0 Å². The van der Waals surface area contributed by atoms with Crippen LogP contribution in [0.4, 0.5) is 5.13 Å². The normalized spacial score (nSPS) is 10.4. The van der Waals surface area contributed by atoms with Gasteiger partial charge in [-0.05, 0) is 12.1 Å². The Bertz CT molecular complexity index is 516. The van der Waals surface area contributed by atoms with E-state index in [0.29, 0.717) is 15.7 Å². The highest BCUT2D eigenvalue weighted by Crippen LogP contribution is 2.20. The number of pyridine rings is 1. The summed E-state index contributed by atoms with van der Waals surface area (Å²) in [6, 6.07) is 3.50. The van der Waals surface area contributed by atoms with Gasteiger partial charge >= 0.3 is 0 Å². The van der Waals surface area contributed by atoms with Gasteiger partial charge in [0.25, 0.3) is 5.56 Å². The first-order valence-electron chi connectivity index (χ1n) is 3.93. The quantitative estimate of drug-likeness (QED) is 0.740. The van der Waals surface area contributed by atoms with Crippen molar-refractivity contribution >= 4 is 16.5 Å². The fourth-order valence-corrected chi connectivity index (χ4v) is 1.73. The maximum atomic E-state index is 11.6. The Labute approximate surface area is 83.8 Å². The first kappa shape index (κ1) is 8.89. The molecule has 0 radical (unpaired) electrons. The third kappa shape index (κ3) is 1.39. The summed E-state index contributed by atoms with van der Waals surface area (Å²) >= 11 is 1.21. The third-order valence-electron chi connectivity index (χ3n) is 1.79. The number of aromatic nitrogens is 3. The van der Waals surface area contributed by atoms with E-state index in [9.17, 15) is 4.79 Å². The van der Waals surface area contributed by atoms with Crippen molar-refractivity contribution in [2.45, 2.75) is 0 Å². The summed E-state index contributed by atoms with van der Waals surface area (Å²) < 4.78 is 1.49. The topological polar surface area (TPSA) is 73.8 Å². The second-order valence-electron chi connectivity index (χ2n) is 2.78. The summed E-state index contributed by atoms with van der Waals surface area (Å²) in [4.78, 5) is 11.6. The third-order valence-corrected chi connectivity index (χ3v) is 2.58. The molecule has 0 spiro atoms. The molecule has 0 unspecified atom stereocenters. The molecule has 0 bridgehead atoms. The Hall–Kier alpha value is -1.69. The lowest BCUT2D eigenvalue weighted by atomic mass is 10.3. The molecule has 0 aliphatic carbocycles. The van der Waals surface area contributed by atoms with Gasteiger partial charge in [0.15, 0.2) is 5.01 Å². The van der Waals surface area contributed by atoms with Crippen LogP contribution in [0.3, 0.4) is 0 Å². The molecule has 0 amide bonds. The highest BCUT2D eigenvalue weighted by molar-refractivity contribution is 7.18. The molecule has 2 heterocycles. The Morgan fingerprint density at radius 1 is 1.50 bits per heavy atom. The summed E-state index contributed by atoms with van der Waals surface area (Å²) in [6.07, 6.45) is 1.69. The minimum atomic E-state index is -0.0938. The van der Waals surface area contributed by atoms with Crippen molar-refractivity contribution in [3.63, 3.8) is 0 Å². The molecule has 6 heteroatoms. The van der Waals surface area contributed by atoms with Crippen molar-refractivity contribution in [2.75, 3.05) is 5.73 Å². The van der Waals surface area contributed by atoms with Gasteiger partial charge in [0.2, 0.25) is 5.13 Å². The molecule has 0 aromatic carbocycles. The number of rotatable bonds is 1. The summed E-state index contributed by atoms with van der Waals surface area (Å²) in [5, 5.41) is 8.41. The monoisotopic (exact) mass is 208 g/mol. The van der Waals surface area contributed by atoms with Gasteiger partial charge in [-0.25, -0.2) is 0 Å². The van der Waals surface area contributed by atoms with Gasteiger partial charge in [-0.2, -0.15) is 0 Å². The van der Waals surface area contributed by atoms with E-state index in [4.69, 9.17) is 5.73 Å².